The Bertz CT molecular complexity index is 862. The van der Waals surface area contributed by atoms with Gasteiger partial charge < -0.3 is 0 Å². The zero-order valence-electron chi connectivity index (χ0n) is 12.4. The minimum Gasteiger partial charge on any atom is -0.260 e. The second-order valence-electron chi connectivity index (χ2n) is 5.04. The lowest BCUT2D eigenvalue weighted by Gasteiger charge is -2.07. The first kappa shape index (κ1) is 15.4. The maximum Gasteiger partial charge on any atom is 0.240 e. The summed E-state index contributed by atoms with van der Waals surface area (Å²) in [4.78, 5) is 4.35. The molecule has 0 bridgehead atoms. The van der Waals surface area contributed by atoms with Gasteiger partial charge in [-0.25, -0.2) is 13.1 Å². The zero-order chi connectivity index (χ0) is 16.1. The number of rotatable bonds is 5. The van der Waals surface area contributed by atoms with Gasteiger partial charge in [0.2, 0.25) is 10.0 Å². The molecule has 23 heavy (non-hydrogen) atoms. The van der Waals surface area contributed by atoms with E-state index in [-0.39, 0.29) is 11.4 Å². The fourth-order valence-electron chi connectivity index (χ4n) is 2.21. The van der Waals surface area contributed by atoms with Crippen LogP contribution in [0.5, 0.6) is 0 Å². The second-order valence-corrected chi connectivity index (χ2v) is 6.80. The number of nitrogens with zero attached hydrogens (tertiary/aromatic N) is 1. The molecular formula is C18H16N2O2S. The van der Waals surface area contributed by atoms with Crippen molar-refractivity contribution in [2.24, 2.45) is 0 Å². The largest absolute Gasteiger partial charge is 0.260 e. The lowest BCUT2D eigenvalue weighted by atomic mass is 10.1. The number of hydrogen-bond donors (Lipinski definition) is 1. The molecule has 116 valence electrons. The van der Waals surface area contributed by atoms with Crippen LogP contribution in [0.3, 0.4) is 0 Å². The normalized spacial score (nSPS) is 11.3. The predicted octanol–water partition coefficient (Wildman–Crippen LogP) is 3.23. The van der Waals surface area contributed by atoms with E-state index in [1.807, 2.05) is 48.5 Å². The third-order valence-electron chi connectivity index (χ3n) is 3.44. The molecule has 5 heteroatoms. The molecule has 0 spiro atoms. The summed E-state index contributed by atoms with van der Waals surface area (Å²) < 4.78 is 27.2. The number of nitrogens with one attached hydrogen (secondary N) is 1. The zero-order valence-corrected chi connectivity index (χ0v) is 13.2. The standard InChI is InChI=1S/C18H16N2O2S/c21-23(22,20-14-17-8-4-5-13-19-17)18-11-9-16(10-12-18)15-6-2-1-3-7-15/h1-13,20H,14H2. The third-order valence-corrected chi connectivity index (χ3v) is 4.86. The third kappa shape index (κ3) is 3.83. The second kappa shape index (κ2) is 6.73. The van der Waals surface area contributed by atoms with E-state index in [0.29, 0.717) is 5.69 Å². The van der Waals surface area contributed by atoms with Crippen molar-refractivity contribution < 1.29 is 8.42 Å². The number of aromatic nitrogens is 1. The fraction of sp³-hybridized carbons (Fsp3) is 0.0556. The molecule has 3 aromatic rings. The van der Waals surface area contributed by atoms with Gasteiger partial charge in [0.1, 0.15) is 0 Å². The van der Waals surface area contributed by atoms with Crippen LogP contribution in [0.4, 0.5) is 0 Å². The van der Waals surface area contributed by atoms with Crippen molar-refractivity contribution in [3.8, 4) is 11.1 Å². The summed E-state index contributed by atoms with van der Waals surface area (Å²) in [7, 11) is -3.55. The summed E-state index contributed by atoms with van der Waals surface area (Å²) in [5.74, 6) is 0. The quantitative estimate of drug-likeness (QED) is 0.784. The lowest BCUT2D eigenvalue weighted by Crippen LogP contribution is -2.23. The molecule has 3 rings (SSSR count). The number of sulfonamides is 1. The maximum absolute atomic E-state index is 12.3. The van der Waals surface area contributed by atoms with E-state index in [2.05, 4.69) is 9.71 Å². The molecule has 1 N–H and O–H groups in total. The highest BCUT2D eigenvalue weighted by molar-refractivity contribution is 7.89. The minimum atomic E-state index is -3.55. The average molecular weight is 324 g/mol. The Morgan fingerprint density at radius 2 is 1.43 bits per heavy atom. The topological polar surface area (TPSA) is 59.1 Å². The van der Waals surface area contributed by atoms with Gasteiger partial charge in [-0.15, -0.1) is 0 Å². The van der Waals surface area contributed by atoms with E-state index in [1.54, 1.807) is 30.5 Å². The molecule has 0 radical (unpaired) electrons. The highest BCUT2D eigenvalue weighted by Gasteiger charge is 2.13. The van der Waals surface area contributed by atoms with E-state index in [9.17, 15) is 8.42 Å². The number of hydrogen-bond acceptors (Lipinski definition) is 3. The van der Waals surface area contributed by atoms with Crippen molar-refractivity contribution in [3.63, 3.8) is 0 Å². The Labute approximate surface area is 135 Å². The highest BCUT2D eigenvalue weighted by Crippen LogP contribution is 2.20. The molecule has 0 aliphatic heterocycles. The molecule has 0 fully saturated rings. The van der Waals surface area contributed by atoms with Crippen molar-refractivity contribution in [2.75, 3.05) is 0 Å². The van der Waals surface area contributed by atoms with E-state index in [0.717, 1.165) is 11.1 Å². The summed E-state index contributed by atoms with van der Waals surface area (Å²) in [5.41, 5.74) is 2.71. The van der Waals surface area contributed by atoms with Crippen molar-refractivity contribution in [2.45, 2.75) is 11.4 Å². The molecular weight excluding hydrogens is 308 g/mol. The number of pyridine rings is 1. The molecule has 0 amide bonds. The first-order valence-corrected chi connectivity index (χ1v) is 8.68. The molecule has 0 aliphatic rings. The summed E-state index contributed by atoms with van der Waals surface area (Å²) in [5, 5.41) is 0. The summed E-state index contributed by atoms with van der Waals surface area (Å²) >= 11 is 0. The van der Waals surface area contributed by atoms with Gasteiger partial charge in [0.25, 0.3) is 0 Å². The summed E-state index contributed by atoms with van der Waals surface area (Å²) in [6.45, 7) is 0.170. The van der Waals surface area contributed by atoms with Crippen LogP contribution in [0.15, 0.2) is 83.9 Å². The van der Waals surface area contributed by atoms with Crippen LogP contribution in [-0.2, 0) is 16.6 Å². The van der Waals surface area contributed by atoms with Gasteiger partial charge in [0.05, 0.1) is 17.1 Å². The van der Waals surface area contributed by atoms with Gasteiger partial charge in [0, 0.05) is 6.20 Å². The number of benzene rings is 2. The van der Waals surface area contributed by atoms with Crippen LogP contribution in [-0.4, -0.2) is 13.4 Å². The molecule has 0 saturated carbocycles. The van der Waals surface area contributed by atoms with E-state index in [1.165, 1.54) is 0 Å². The Morgan fingerprint density at radius 3 is 2.09 bits per heavy atom. The monoisotopic (exact) mass is 324 g/mol. The first-order chi connectivity index (χ1) is 11.1. The van der Waals surface area contributed by atoms with E-state index < -0.39 is 10.0 Å². The van der Waals surface area contributed by atoms with Gasteiger partial charge >= 0.3 is 0 Å². The van der Waals surface area contributed by atoms with Gasteiger partial charge in [-0.3, -0.25) is 4.98 Å². The van der Waals surface area contributed by atoms with E-state index in [4.69, 9.17) is 0 Å². The Kier molecular flexibility index (Phi) is 4.50. The van der Waals surface area contributed by atoms with Gasteiger partial charge in [0.15, 0.2) is 0 Å². The van der Waals surface area contributed by atoms with Crippen molar-refractivity contribution in [3.05, 3.63) is 84.7 Å². The van der Waals surface area contributed by atoms with Gasteiger partial charge in [-0.05, 0) is 35.4 Å². The Hall–Kier alpha value is -2.50. The minimum absolute atomic E-state index is 0.170. The first-order valence-electron chi connectivity index (χ1n) is 7.20. The van der Waals surface area contributed by atoms with Crippen molar-refractivity contribution >= 4 is 10.0 Å². The summed E-state index contributed by atoms with van der Waals surface area (Å²) in [6, 6.07) is 22.1. The van der Waals surface area contributed by atoms with E-state index >= 15 is 0 Å². The van der Waals surface area contributed by atoms with Crippen LogP contribution in [0.25, 0.3) is 11.1 Å². The molecule has 1 heterocycles. The highest BCUT2D eigenvalue weighted by atomic mass is 32.2. The predicted molar refractivity (Wildman–Crippen MR) is 90.1 cm³/mol. The molecule has 0 unspecified atom stereocenters. The van der Waals surface area contributed by atoms with Crippen LogP contribution in [0.2, 0.25) is 0 Å². The summed E-state index contributed by atoms with van der Waals surface area (Å²) in [6.07, 6.45) is 1.64. The average Bonchev–Trinajstić information content (AvgIpc) is 2.62. The maximum atomic E-state index is 12.3. The van der Waals surface area contributed by atoms with Crippen LogP contribution in [0.1, 0.15) is 5.69 Å². The molecule has 4 nitrogen and oxygen atoms in total. The fourth-order valence-corrected chi connectivity index (χ4v) is 3.21. The Balaban J connectivity index is 1.75. The lowest BCUT2D eigenvalue weighted by molar-refractivity contribution is 0.580. The smallest absolute Gasteiger partial charge is 0.240 e. The van der Waals surface area contributed by atoms with Crippen LogP contribution in [0, 0.1) is 0 Å². The van der Waals surface area contributed by atoms with Crippen LogP contribution < -0.4 is 4.72 Å². The molecule has 0 saturated heterocycles. The molecule has 2 aromatic carbocycles. The Morgan fingerprint density at radius 1 is 0.783 bits per heavy atom. The molecule has 0 aliphatic carbocycles. The SMILES string of the molecule is O=S(=O)(NCc1ccccn1)c1ccc(-c2ccccc2)cc1. The van der Waals surface area contributed by atoms with Crippen molar-refractivity contribution in [1.82, 2.24) is 9.71 Å². The van der Waals surface area contributed by atoms with Gasteiger partial charge in [-0.1, -0.05) is 48.5 Å². The van der Waals surface area contributed by atoms with Crippen LogP contribution >= 0.6 is 0 Å². The van der Waals surface area contributed by atoms with Crippen molar-refractivity contribution in [1.29, 1.82) is 0 Å². The molecule has 0 atom stereocenters. The van der Waals surface area contributed by atoms with Gasteiger partial charge in [-0.2, -0.15) is 0 Å². The molecule has 1 aromatic heterocycles.